The summed E-state index contributed by atoms with van der Waals surface area (Å²) in [6.45, 7) is 8.72. The SMILES string of the molecule is CC(C)CCN1CCN(C(=O)CCNS(=O)(=O)c2ccccc2Cl)CC1. The van der Waals surface area contributed by atoms with Gasteiger partial charge in [0.1, 0.15) is 4.90 Å². The van der Waals surface area contributed by atoms with Gasteiger partial charge < -0.3 is 4.90 Å². The summed E-state index contributed by atoms with van der Waals surface area (Å²) in [6.07, 6.45) is 1.31. The first-order valence-electron chi connectivity index (χ1n) is 9.04. The molecule has 1 saturated heterocycles. The molecule has 1 aromatic rings. The largest absolute Gasteiger partial charge is 0.340 e. The molecule has 0 spiro atoms. The van der Waals surface area contributed by atoms with Gasteiger partial charge in [0.2, 0.25) is 15.9 Å². The Hall–Kier alpha value is -1.15. The number of halogens is 1. The zero-order valence-electron chi connectivity index (χ0n) is 15.4. The number of nitrogens with one attached hydrogen (secondary N) is 1. The van der Waals surface area contributed by atoms with E-state index in [4.69, 9.17) is 11.6 Å². The van der Waals surface area contributed by atoms with Gasteiger partial charge in [0.15, 0.2) is 0 Å². The van der Waals surface area contributed by atoms with E-state index >= 15 is 0 Å². The van der Waals surface area contributed by atoms with E-state index in [0.717, 1.165) is 26.1 Å². The Morgan fingerprint density at radius 2 is 1.85 bits per heavy atom. The minimum atomic E-state index is -3.70. The molecule has 0 unspecified atom stereocenters. The van der Waals surface area contributed by atoms with Crippen molar-refractivity contribution in [3.63, 3.8) is 0 Å². The molecule has 2 rings (SSSR count). The van der Waals surface area contributed by atoms with Crippen LogP contribution in [0.25, 0.3) is 0 Å². The first kappa shape index (κ1) is 21.2. The smallest absolute Gasteiger partial charge is 0.242 e. The Kier molecular flexibility index (Phi) is 7.88. The van der Waals surface area contributed by atoms with Crippen molar-refractivity contribution >= 4 is 27.5 Å². The molecule has 26 heavy (non-hydrogen) atoms. The minimum absolute atomic E-state index is 0.0182. The third-order valence-electron chi connectivity index (χ3n) is 4.50. The number of carbonyl (C=O) groups is 1. The summed E-state index contributed by atoms with van der Waals surface area (Å²) in [7, 11) is -3.70. The van der Waals surface area contributed by atoms with Crippen molar-refractivity contribution in [2.75, 3.05) is 39.3 Å². The second kappa shape index (κ2) is 9.69. The molecule has 1 N–H and O–H groups in total. The second-order valence-corrected chi connectivity index (χ2v) is 9.13. The molecule has 1 aliphatic heterocycles. The van der Waals surface area contributed by atoms with Gasteiger partial charge in [-0.25, -0.2) is 13.1 Å². The van der Waals surface area contributed by atoms with Gasteiger partial charge in [-0.05, 0) is 31.0 Å². The number of carbonyl (C=O) groups excluding carboxylic acids is 1. The summed E-state index contributed by atoms with van der Waals surface area (Å²) < 4.78 is 27.0. The maximum absolute atomic E-state index is 12.3. The molecule has 1 heterocycles. The Morgan fingerprint density at radius 3 is 2.46 bits per heavy atom. The van der Waals surface area contributed by atoms with Gasteiger partial charge in [0.25, 0.3) is 0 Å². The molecule has 1 aliphatic rings. The number of rotatable bonds is 8. The van der Waals surface area contributed by atoms with E-state index in [-0.39, 0.29) is 28.8 Å². The van der Waals surface area contributed by atoms with E-state index < -0.39 is 10.0 Å². The van der Waals surface area contributed by atoms with E-state index in [2.05, 4.69) is 23.5 Å². The van der Waals surface area contributed by atoms with Crippen molar-refractivity contribution in [1.82, 2.24) is 14.5 Å². The minimum Gasteiger partial charge on any atom is -0.340 e. The lowest BCUT2D eigenvalue weighted by Crippen LogP contribution is -2.49. The summed E-state index contributed by atoms with van der Waals surface area (Å²) in [4.78, 5) is 16.5. The van der Waals surface area contributed by atoms with Crippen LogP contribution in [0.3, 0.4) is 0 Å². The summed E-state index contributed by atoms with van der Waals surface area (Å²) in [5, 5.41) is 0.170. The lowest BCUT2D eigenvalue weighted by Gasteiger charge is -2.35. The molecule has 0 aromatic heterocycles. The number of hydrogen-bond donors (Lipinski definition) is 1. The van der Waals surface area contributed by atoms with Gasteiger partial charge >= 0.3 is 0 Å². The molecule has 1 fully saturated rings. The highest BCUT2D eigenvalue weighted by atomic mass is 35.5. The summed E-state index contributed by atoms with van der Waals surface area (Å²) in [5.74, 6) is 0.663. The Balaban J connectivity index is 1.75. The number of amides is 1. The third kappa shape index (κ3) is 6.23. The molecule has 0 radical (unpaired) electrons. The second-order valence-electron chi connectivity index (χ2n) is 6.98. The Morgan fingerprint density at radius 1 is 1.19 bits per heavy atom. The fraction of sp³-hybridized carbons (Fsp3) is 0.611. The number of nitrogens with zero attached hydrogens (tertiary/aromatic N) is 2. The predicted molar refractivity (Wildman–Crippen MR) is 104 cm³/mol. The van der Waals surface area contributed by atoms with E-state index in [1.807, 2.05) is 4.90 Å². The fourth-order valence-electron chi connectivity index (χ4n) is 2.85. The fourth-order valence-corrected chi connectivity index (χ4v) is 4.40. The number of sulfonamides is 1. The average Bonchev–Trinajstić information content (AvgIpc) is 2.60. The van der Waals surface area contributed by atoms with Crippen molar-refractivity contribution < 1.29 is 13.2 Å². The van der Waals surface area contributed by atoms with Crippen LogP contribution < -0.4 is 4.72 Å². The molecule has 6 nitrogen and oxygen atoms in total. The molecule has 1 aromatic carbocycles. The zero-order chi connectivity index (χ0) is 19.2. The van der Waals surface area contributed by atoms with Crippen molar-refractivity contribution in [2.45, 2.75) is 31.6 Å². The van der Waals surface area contributed by atoms with Crippen LogP contribution in [0.15, 0.2) is 29.2 Å². The first-order valence-corrected chi connectivity index (χ1v) is 10.9. The highest BCUT2D eigenvalue weighted by molar-refractivity contribution is 7.89. The van der Waals surface area contributed by atoms with E-state index in [0.29, 0.717) is 19.0 Å². The molecule has 1 amide bonds. The maximum atomic E-state index is 12.3. The molecule has 0 bridgehead atoms. The normalized spacial score (nSPS) is 16.2. The molecular weight excluding hydrogens is 374 g/mol. The average molecular weight is 402 g/mol. The molecule has 146 valence electrons. The van der Waals surface area contributed by atoms with Gasteiger partial charge in [-0.3, -0.25) is 9.69 Å². The molecule has 8 heteroatoms. The van der Waals surface area contributed by atoms with Gasteiger partial charge in [0, 0.05) is 39.1 Å². The topological polar surface area (TPSA) is 69.7 Å². The molecule has 0 aliphatic carbocycles. The van der Waals surface area contributed by atoms with Crippen LogP contribution in [0.4, 0.5) is 0 Å². The maximum Gasteiger partial charge on any atom is 0.242 e. The summed E-state index contributed by atoms with van der Waals surface area (Å²) in [5.41, 5.74) is 0. The Labute approximate surface area is 161 Å². The van der Waals surface area contributed by atoms with Crippen LogP contribution in [0.1, 0.15) is 26.7 Å². The predicted octanol–water partition coefficient (Wildman–Crippen LogP) is 2.20. The lowest BCUT2D eigenvalue weighted by molar-refractivity contribution is -0.132. The highest BCUT2D eigenvalue weighted by Gasteiger charge is 2.22. The quantitative estimate of drug-likeness (QED) is 0.725. The van der Waals surface area contributed by atoms with Crippen molar-refractivity contribution in [3.05, 3.63) is 29.3 Å². The van der Waals surface area contributed by atoms with Gasteiger partial charge in [-0.15, -0.1) is 0 Å². The summed E-state index contributed by atoms with van der Waals surface area (Å²) in [6, 6.07) is 6.26. The first-order chi connectivity index (χ1) is 12.3. The molecule has 0 atom stereocenters. The standard InChI is InChI=1S/C18H28ClN3O3S/c1-15(2)8-10-21-11-13-22(14-12-21)18(23)7-9-20-26(24,25)17-6-4-3-5-16(17)19/h3-6,15,20H,7-14H2,1-2H3. The lowest BCUT2D eigenvalue weighted by atomic mass is 10.1. The van der Waals surface area contributed by atoms with Gasteiger partial charge in [-0.2, -0.15) is 0 Å². The highest BCUT2D eigenvalue weighted by Crippen LogP contribution is 2.20. The van der Waals surface area contributed by atoms with Crippen molar-refractivity contribution in [1.29, 1.82) is 0 Å². The van der Waals surface area contributed by atoms with Crippen LogP contribution >= 0.6 is 11.6 Å². The van der Waals surface area contributed by atoms with E-state index in [9.17, 15) is 13.2 Å². The van der Waals surface area contributed by atoms with Crippen molar-refractivity contribution in [2.24, 2.45) is 5.92 Å². The van der Waals surface area contributed by atoms with E-state index in [1.54, 1.807) is 12.1 Å². The Bertz CT molecular complexity index is 701. The zero-order valence-corrected chi connectivity index (χ0v) is 17.0. The van der Waals surface area contributed by atoms with Crippen LogP contribution in [-0.2, 0) is 14.8 Å². The van der Waals surface area contributed by atoms with Crippen molar-refractivity contribution in [3.8, 4) is 0 Å². The van der Waals surface area contributed by atoms with Crippen LogP contribution in [0.5, 0.6) is 0 Å². The van der Waals surface area contributed by atoms with Gasteiger partial charge in [0.05, 0.1) is 5.02 Å². The molecular formula is C18H28ClN3O3S. The van der Waals surface area contributed by atoms with E-state index in [1.165, 1.54) is 12.1 Å². The number of benzene rings is 1. The molecule has 0 saturated carbocycles. The number of piperazine rings is 1. The van der Waals surface area contributed by atoms with Gasteiger partial charge in [-0.1, -0.05) is 37.6 Å². The third-order valence-corrected chi connectivity index (χ3v) is 6.47. The summed E-state index contributed by atoms with van der Waals surface area (Å²) >= 11 is 5.93. The van der Waals surface area contributed by atoms with Crippen LogP contribution in [0, 0.1) is 5.92 Å². The number of hydrogen-bond acceptors (Lipinski definition) is 4. The van der Waals surface area contributed by atoms with Crippen LogP contribution in [0.2, 0.25) is 5.02 Å². The monoisotopic (exact) mass is 401 g/mol. The van der Waals surface area contributed by atoms with Crippen LogP contribution in [-0.4, -0.2) is 63.4 Å².